The topological polar surface area (TPSA) is 18.5 Å². The summed E-state index contributed by atoms with van der Waals surface area (Å²) in [6.07, 6.45) is 8.92. The molecule has 4 atom stereocenters. The minimum absolute atomic E-state index is 0.000114. The molecular formula is C26H32O2Si. The molecule has 0 unspecified atom stereocenters. The highest BCUT2D eigenvalue weighted by atomic mass is 28.4. The third-order valence-electron chi connectivity index (χ3n) is 6.55. The third-order valence-corrected chi connectivity index (χ3v) is 11.6. The largest absolute Gasteiger partial charge is 0.407 e. The van der Waals surface area contributed by atoms with E-state index in [0.717, 1.165) is 0 Å². The number of ether oxygens (including phenoxy) is 1. The molecule has 0 aliphatic carbocycles. The summed E-state index contributed by atoms with van der Waals surface area (Å²) in [5, 5.41) is 2.67. The molecule has 0 aromatic heterocycles. The summed E-state index contributed by atoms with van der Waals surface area (Å²) in [6.45, 7) is 10.0. The Morgan fingerprint density at radius 1 is 0.828 bits per heavy atom. The lowest BCUT2D eigenvalue weighted by molar-refractivity contribution is 0.0785. The molecule has 29 heavy (non-hydrogen) atoms. The van der Waals surface area contributed by atoms with Gasteiger partial charge in [-0.1, -0.05) is 113 Å². The molecule has 0 radical (unpaired) electrons. The van der Waals surface area contributed by atoms with Gasteiger partial charge in [-0.05, 0) is 21.3 Å². The van der Waals surface area contributed by atoms with Gasteiger partial charge in [0, 0.05) is 12.5 Å². The number of hydrogen-bond acceptors (Lipinski definition) is 2. The average Bonchev–Trinajstić information content (AvgIpc) is 2.87. The van der Waals surface area contributed by atoms with Crippen molar-refractivity contribution in [1.29, 1.82) is 0 Å². The normalized spacial score (nSPS) is 26.5. The van der Waals surface area contributed by atoms with Crippen LogP contribution in [-0.2, 0) is 9.16 Å². The molecule has 3 heteroatoms. The van der Waals surface area contributed by atoms with Crippen LogP contribution in [0.5, 0.6) is 0 Å². The maximum Gasteiger partial charge on any atom is 0.261 e. The van der Waals surface area contributed by atoms with Crippen molar-refractivity contribution in [3.8, 4) is 0 Å². The summed E-state index contributed by atoms with van der Waals surface area (Å²) in [7, 11) is -2.50. The summed E-state index contributed by atoms with van der Waals surface area (Å²) < 4.78 is 13.4. The van der Waals surface area contributed by atoms with Gasteiger partial charge in [-0.3, -0.25) is 0 Å². The van der Waals surface area contributed by atoms with Crippen LogP contribution in [0.25, 0.3) is 0 Å². The lowest BCUT2D eigenvalue weighted by Crippen LogP contribution is -2.67. The van der Waals surface area contributed by atoms with Crippen molar-refractivity contribution in [1.82, 2.24) is 0 Å². The zero-order chi connectivity index (χ0) is 20.5. The van der Waals surface area contributed by atoms with Crippen LogP contribution in [0.4, 0.5) is 0 Å². The van der Waals surface area contributed by atoms with Crippen LogP contribution >= 0.6 is 0 Å². The molecule has 2 aromatic carbocycles. The minimum Gasteiger partial charge on any atom is -0.407 e. The van der Waals surface area contributed by atoms with Gasteiger partial charge >= 0.3 is 0 Å². The van der Waals surface area contributed by atoms with Crippen molar-refractivity contribution >= 4 is 18.7 Å². The van der Waals surface area contributed by atoms with Gasteiger partial charge in [-0.15, -0.1) is 0 Å². The van der Waals surface area contributed by atoms with E-state index < -0.39 is 8.32 Å². The van der Waals surface area contributed by atoms with Gasteiger partial charge in [0.2, 0.25) is 0 Å². The molecule has 4 rings (SSSR count). The molecule has 1 saturated heterocycles. The smallest absolute Gasteiger partial charge is 0.261 e. The zero-order valence-corrected chi connectivity index (χ0v) is 18.9. The molecule has 2 aliphatic rings. The number of allylic oxidation sites excluding steroid dienone is 2. The van der Waals surface area contributed by atoms with E-state index in [-0.39, 0.29) is 17.2 Å². The Hall–Kier alpha value is -1.94. The van der Waals surface area contributed by atoms with Crippen LogP contribution in [0.2, 0.25) is 5.04 Å². The molecule has 2 bridgehead atoms. The Kier molecular flexibility index (Phi) is 5.65. The maximum absolute atomic E-state index is 7.17. The molecule has 2 aliphatic heterocycles. The molecular weight excluding hydrogens is 372 g/mol. The second kappa shape index (κ2) is 8.06. The average molecular weight is 405 g/mol. The Bertz CT molecular complexity index is 827. The van der Waals surface area contributed by atoms with E-state index in [1.807, 2.05) is 0 Å². The van der Waals surface area contributed by atoms with Crippen LogP contribution in [0.1, 0.15) is 27.7 Å². The summed E-state index contributed by atoms with van der Waals surface area (Å²) >= 11 is 0. The molecule has 1 fully saturated rings. The predicted octanol–water partition coefficient (Wildman–Crippen LogP) is 4.71. The van der Waals surface area contributed by atoms with E-state index in [9.17, 15) is 0 Å². The Labute approximate surface area is 176 Å². The molecule has 0 N–H and O–H groups in total. The second-order valence-electron chi connectivity index (χ2n) is 9.33. The summed E-state index contributed by atoms with van der Waals surface area (Å²) in [6, 6.07) is 21.8. The van der Waals surface area contributed by atoms with E-state index in [2.05, 4.69) is 113 Å². The van der Waals surface area contributed by atoms with E-state index in [1.54, 1.807) is 0 Å². The number of rotatable bonds is 5. The highest BCUT2D eigenvalue weighted by molar-refractivity contribution is 6.99. The van der Waals surface area contributed by atoms with Gasteiger partial charge < -0.3 is 9.16 Å². The van der Waals surface area contributed by atoms with Crippen LogP contribution < -0.4 is 10.4 Å². The van der Waals surface area contributed by atoms with Crippen molar-refractivity contribution in [2.75, 3.05) is 6.61 Å². The SMILES string of the molecule is C[C@H]1[C@@H](CO[Si](c2ccccc2)(c2ccccc2)C(C)(C)C)[C@@H]2C=CC=C[C@H]1O2. The molecule has 152 valence electrons. The third kappa shape index (κ3) is 3.68. The van der Waals surface area contributed by atoms with Gasteiger partial charge in [0.05, 0.1) is 12.2 Å². The molecule has 2 nitrogen and oxygen atoms in total. The Morgan fingerprint density at radius 3 is 1.86 bits per heavy atom. The summed E-state index contributed by atoms with van der Waals surface area (Å²) in [5.41, 5.74) is 0. The van der Waals surface area contributed by atoms with Crippen molar-refractivity contribution in [2.24, 2.45) is 11.8 Å². The minimum atomic E-state index is -2.50. The maximum atomic E-state index is 7.17. The molecule has 0 spiro atoms. The first kappa shape index (κ1) is 20.3. The fraction of sp³-hybridized carbons (Fsp3) is 0.385. The standard InChI is InChI=1S/C26H32O2Si/c1-20-23(25-18-12-11-17-24(20)28-25)19-27-29(26(2,3)4,21-13-7-5-8-14-21)22-15-9-6-10-16-22/h5-18,20,23-25H,19H2,1-4H3/t20-,23+,24+,25-/m0/s1. The number of benzene rings is 2. The fourth-order valence-corrected chi connectivity index (χ4v) is 9.53. The number of hydrogen-bond donors (Lipinski definition) is 0. The summed E-state index contributed by atoms with van der Waals surface area (Å²) in [5.74, 6) is 0.808. The van der Waals surface area contributed by atoms with Gasteiger partial charge in [0.1, 0.15) is 0 Å². The second-order valence-corrected chi connectivity index (χ2v) is 13.6. The van der Waals surface area contributed by atoms with Crippen molar-refractivity contribution in [3.05, 3.63) is 85.0 Å². The van der Waals surface area contributed by atoms with Gasteiger partial charge in [0.15, 0.2) is 0 Å². The first-order chi connectivity index (χ1) is 13.9. The van der Waals surface area contributed by atoms with Crippen LogP contribution in [0, 0.1) is 11.8 Å². The molecule has 2 heterocycles. The summed E-state index contributed by atoms with van der Waals surface area (Å²) in [4.78, 5) is 0. The van der Waals surface area contributed by atoms with E-state index in [1.165, 1.54) is 10.4 Å². The van der Waals surface area contributed by atoms with Gasteiger partial charge in [0.25, 0.3) is 8.32 Å². The fourth-order valence-electron chi connectivity index (χ4n) is 4.93. The Balaban J connectivity index is 1.73. The van der Waals surface area contributed by atoms with E-state index >= 15 is 0 Å². The van der Waals surface area contributed by atoms with Crippen molar-refractivity contribution in [3.63, 3.8) is 0 Å². The van der Waals surface area contributed by atoms with Crippen molar-refractivity contribution < 1.29 is 9.16 Å². The lowest BCUT2D eigenvalue weighted by Gasteiger charge is -2.44. The van der Waals surface area contributed by atoms with Gasteiger partial charge in [-0.25, -0.2) is 0 Å². The molecule has 2 aromatic rings. The lowest BCUT2D eigenvalue weighted by atomic mass is 9.88. The predicted molar refractivity (Wildman–Crippen MR) is 123 cm³/mol. The van der Waals surface area contributed by atoms with Crippen molar-refractivity contribution in [2.45, 2.75) is 44.9 Å². The van der Waals surface area contributed by atoms with Crippen LogP contribution in [0.15, 0.2) is 85.0 Å². The van der Waals surface area contributed by atoms with Gasteiger partial charge in [-0.2, -0.15) is 0 Å². The molecule has 0 saturated carbocycles. The first-order valence-electron chi connectivity index (χ1n) is 10.7. The zero-order valence-electron chi connectivity index (χ0n) is 17.9. The highest BCUT2D eigenvalue weighted by Crippen LogP contribution is 2.40. The van der Waals surface area contributed by atoms with Crippen LogP contribution in [-0.4, -0.2) is 27.1 Å². The Morgan fingerprint density at radius 2 is 1.34 bits per heavy atom. The monoisotopic (exact) mass is 404 g/mol. The first-order valence-corrected chi connectivity index (χ1v) is 12.6. The van der Waals surface area contributed by atoms with E-state index in [0.29, 0.717) is 18.4 Å². The quantitative estimate of drug-likeness (QED) is 0.672. The van der Waals surface area contributed by atoms with Crippen LogP contribution in [0.3, 0.4) is 0 Å². The number of fused-ring (bicyclic) bond motifs is 2. The highest BCUT2D eigenvalue weighted by Gasteiger charge is 2.51. The molecule has 0 amide bonds. The van der Waals surface area contributed by atoms with E-state index in [4.69, 9.17) is 9.16 Å².